The van der Waals surface area contributed by atoms with Gasteiger partial charge in [-0.2, -0.15) is 0 Å². The van der Waals surface area contributed by atoms with Gasteiger partial charge in [0, 0.05) is 25.8 Å². The summed E-state index contributed by atoms with van der Waals surface area (Å²) in [5.41, 5.74) is 5.40. The van der Waals surface area contributed by atoms with Crippen molar-refractivity contribution in [3.63, 3.8) is 0 Å². The Balaban J connectivity index is 0.00000324. The summed E-state index contributed by atoms with van der Waals surface area (Å²) in [4.78, 5) is 0. The van der Waals surface area contributed by atoms with Crippen molar-refractivity contribution in [1.29, 1.82) is 0 Å². The molecule has 0 radical (unpaired) electrons. The predicted molar refractivity (Wildman–Crippen MR) is 80.1 cm³/mol. The van der Waals surface area contributed by atoms with Crippen LogP contribution in [-0.4, -0.2) is 40.0 Å². The maximum atomic E-state index is 12.1. The highest BCUT2D eigenvalue weighted by molar-refractivity contribution is 7.89. The van der Waals surface area contributed by atoms with E-state index in [1.165, 1.54) is 0 Å². The van der Waals surface area contributed by atoms with Gasteiger partial charge in [0.15, 0.2) is 0 Å². The van der Waals surface area contributed by atoms with Gasteiger partial charge in [0.1, 0.15) is 0 Å². The maximum Gasteiger partial charge on any atom is 0.212 e. The molecule has 0 bridgehead atoms. The summed E-state index contributed by atoms with van der Waals surface area (Å²) >= 11 is 0. The Morgan fingerprint density at radius 3 is 2.63 bits per heavy atom. The van der Waals surface area contributed by atoms with Gasteiger partial charge in [0.25, 0.3) is 0 Å². The van der Waals surface area contributed by atoms with Crippen LogP contribution in [0.1, 0.15) is 39.0 Å². The lowest BCUT2D eigenvalue weighted by Gasteiger charge is -2.42. The average molecular weight is 315 g/mol. The van der Waals surface area contributed by atoms with Gasteiger partial charge in [0.05, 0.1) is 5.75 Å². The number of nitrogens with two attached hydrogens (primary N) is 1. The van der Waals surface area contributed by atoms with E-state index in [1.807, 2.05) is 0 Å². The Labute approximate surface area is 123 Å². The quantitative estimate of drug-likeness (QED) is 0.693. The van der Waals surface area contributed by atoms with Crippen molar-refractivity contribution in [3.05, 3.63) is 0 Å². The average Bonchev–Trinajstić information content (AvgIpc) is 2.32. The first kappa shape index (κ1) is 19.1. The fourth-order valence-electron chi connectivity index (χ4n) is 2.66. The number of hydrogen-bond acceptors (Lipinski definition) is 4. The molecule has 1 saturated carbocycles. The summed E-state index contributed by atoms with van der Waals surface area (Å²) in [7, 11) is -1.69. The molecule has 1 fully saturated rings. The molecule has 19 heavy (non-hydrogen) atoms. The first-order valence-corrected chi connectivity index (χ1v) is 8.31. The van der Waals surface area contributed by atoms with Gasteiger partial charge in [-0.3, -0.25) is 0 Å². The van der Waals surface area contributed by atoms with Crippen molar-refractivity contribution in [2.45, 2.75) is 44.6 Å². The van der Waals surface area contributed by atoms with Gasteiger partial charge in [0.2, 0.25) is 10.0 Å². The van der Waals surface area contributed by atoms with Crippen molar-refractivity contribution in [3.8, 4) is 0 Å². The molecule has 5 nitrogen and oxygen atoms in total. The zero-order chi connectivity index (χ0) is 13.6. The molecule has 2 unspecified atom stereocenters. The van der Waals surface area contributed by atoms with E-state index in [9.17, 15) is 8.42 Å². The minimum Gasteiger partial charge on any atom is -0.385 e. The molecule has 0 heterocycles. The number of rotatable bonds is 7. The molecule has 0 saturated heterocycles. The summed E-state index contributed by atoms with van der Waals surface area (Å²) in [6.45, 7) is 2.92. The fraction of sp³-hybridized carbons (Fsp3) is 1.00. The third-order valence-electron chi connectivity index (χ3n) is 3.94. The first-order valence-electron chi connectivity index (χ1n) is 6.66. The second-order valence-corrected chi connectivity index (χ2v) is 7.12. The second kappa shape index (κ2) is 8.42. The van der Waals surface area contributed by atoms with Crippen molar-refractivity contribution >= 4 is 22.4 Å². The van der Waals surface area contributed by atoms with E-state index in [1.54, 1.807) is 7.11 Å². The van der Waals surface area contributed by atoms with Crippen LogP contribution in [0.3, 0.4) is 0 Å². The predicted octanol–water partition coefficient (Wildman–Crippen LogP) is 1.27. The highest BCUT2D eigenvalue weighted by atomic mass is 35.5. The normalized spacial score (nSPS) is 27.8. The molecule has 0 spiro atoms. The van der Waals surface area contributed by atoms with Crippen LogP contribution in [0.15, 0.2) is 0 Å². The van der Waals surface area contributed by atoms with Crippen LogP contribution in [0.4, 0.5) is 0 Å². The Hall–Kier alpha value is 0.120. The maximum absolute atomic E-state index is 12.1. The van der Waals surface area contributed by atoms with Gasteiger partial charge in [-0.1, -0.05) is 19.8 Å². The molecule has 1 aliphatic carbocycles. The minimum absolute atomic E-state index is 0. The highest BCUT2D eigenvalue weighted by Crippen LogP contribution is 2.33. The molecule has 1 rings (SSSR count). The van der Waals surface area contributed by atoms with E-state index in [-0.39, 0.29) is 18.2 Å². The third kappa shape index (κ3) is 5.55. The zero-order valence-corrected chi connectivity index (χ0v) is 13.5. The van der Waals surface area contributed by atoms with Crippen molar-refractivity contribution in [2.75, 3.05) is 26.0 Å². The van der Waals surface area contributed by atoms with E-state index >= 15 is 0 Å². The lowest BCUT2D eigenvalue weighted by molar-refractivity contribution is 0.189. The number of hydrogen-bond donors (Lipinski definition) is 2. The Morgan fingerprint density at radius 2 is 2.11 bits per heavy atom. The molecular formula is C12H27ClN2O3S. The number of nitrogens with one attached hydrogen (secondary N) is 1. The zero-order valence-electron chi connectivity index (χ0n) is 11.9. The van der Waals surface area contributed by atoms with Crippen LogP contribution in [-0.2, 0) is 14.8 Å². The first-order chi connectivity index (χ1) is 8.46. The van der Waals surface area contributed by atoms with Crippen LogP contribution >= 0.6 is 12.4 Å². The van der Waals surface area contributed by atoms with Crippen LogP contribution in [0.5, 0.6) is 0 Å². The molecule has 0 aromatic carbocycles. The second-order valence-electron chi connectivity index (χ2n) is 5.27. The Kier molecular flexibility index (Phi) is 8.47. The van der Waals surface area contributed by atoms with E-state index < -0.39 is 15.6 Å². The molecule has 116 valence electrons. The summed E-state index contributed by atoms with van der Waals surface area (Å²) in [6, 6.07) is 0. The van der Waals surface area contributed by atoms with Gasteiger partial charge < -0.3 is 10.5 Å². The molecule has 1 aliphatic rings. The van der Waals surface area contributed by atoms with Crippen LogP contribution in [0, 0.1) is 5.92 Å². The largest absolute Gasteiger partial charge is 0.385 e. The number of sulfonamides is 1. The van der Waals surface area contributed by atoms with Gasteiger partial charge >= 0.3 is 0 Å². The van der Waals surface area contributed by atoms with E-state index in [2.05, 4.69) is 11.6 Å². The van der Waals surface area contributed by atoms with Crippen molar-refractivity contribution in [2.24, 2.45) is 11.7 Å². The third-order valence-corrected chi connectivity index (χ3v) is 5.48. The van der Waals surface area contributed by atoms with Gasteiger partial charge in [-0.15, -0.1) is 12.4 Å². The van der Waals surface area contributed by atoms with Crippen LogP contribution in [0.2, 0.25) is 0 Å². The summed E-state index contributed by atoms with van der Waals surface area (Å²) in [6.07, 6.45) is 4.60. The van der Waals surface area contributed by atoms with Crippen molar-refractivity contribution in [1.82, 2.24) is 4.72 Å². The van der Waals surface area contributed by atoms with Crippen LogP contribution in [0.25, 0.3) is 0 Å². The molecule has 0 aromatic rings. The number of methoxy groups -OCH3 is 1. The number of halogens is 1. The molecule has 0 aliphatic heterocycles. The topological polar surface area (TPSA) is 81.4 Å². The number of ether oxygens (including phenoxy) is 1. The molecule has 7 heteroatoms. The van der Waals surface area contributed by atoms with Gasteiger partial charge in [-0.25, -0.2) is 13.1 Å². The van der Waals surface area contributed by atoms with E-state index in [0.29, 0.717) is 25.5 Å². The minimum atomic E-state index is -3.27. The smallest absolute Gasteiger partial charge is 0.212 e. The fourth-order valence-corrected chi connectivity index (χ4v) is 4.27. The summed E-state index contributed by atoms with van der Waals surface area (Å²) in [5, 5.41) is 0. The highest BCUT2D eigenvalue weighted by Gasteiger charge is 2.39. The molecule has 2 atom stereocenters. The summed E-state index contributed by atoms with van der Waals surface area (Å²) < 4.78 is 31.9. The van der Waals surface area contributed by atoms with Gasteiger partial charge in [-0.05, 0) is 25.2 Å². The SMILES string of the molecule is COCCCS(=O)(=O)NC1(CN)CCCCC1C.Cl. The molecule has 0 amide bonds. The van der Waals surface area contributed by atoms with E-state index in [0.717, 1.165) is 25.7 Å². The van der Waals surface area contributed by atoms with Crippen LogP contribution < -0.4 is 10.5 Å². The lowest BCUT2D eigenvalue weighted by atomic mass is 9.74. The van der Waals surface area contributed by atoms with E-state index in [4.69, 9.17) is 10.5 Å². The molecule has 3 N–H and O–H groups in total. The lowest BCUT2D eigenvalue weighted by Crippen LogP contribution is -2.59. The molecule has 0 aromatic heterocycles. The summed E-state index contributed by atoms with van der Waals surface area (Å²) in [5.74, 6) is 0.406. The molecular weight excluding hydrogens is 288 g/mol. The standard InChI is InChI=1S/C12H26N2O3S.ClH/c1-11-6-3-4-7-12(11,10-13)14-18(15,16)9-5-8-17-2;/h11,14H,3-10,13H2,1-2H3;1H. The Bertz CT molecular complexity index is 351. The monoisotopic (exact) mass is 314 g/mol. The Morgan fingerprint density at radius 1 is 1.42 bits per heavy atom. The van der Waals surface area contributed by atoms with Crippen molar-refractivity contribution < 1.29 is 13.2 Å².